The van der Waals surface area contributed by atoms with Crippen LogP contribution in [-0.2, 0) is 0 Å². The van der Waals surface area contributed by atoms with E-state index in [0.29, 0.717) is 59.7 Å². The van der Waals surface area contributed by atoms with Crippen molar-refractivity contribution in [3.63, 3.8) is 0 Å². The molecule has 0 aromatic carbocycles. The van der Waals surface area contributed by atoms with Crippen LogP contribution in [0.2, 0.25) is 0 Å². The first-order chi connectivity index (χ1) is 15.4. The van der Waals surface area contributed by atoms with Gasteiger partial charge in [0.25, 0.3) is 0 Å². The molecule has 0 unspecified atom stereocenters. The average Bonchev–Trinajstić information content (AvgIpc) is 3.07. The molecule has 0 amide bonds. The van der Waals surface area contributed by atoms with Crippen LogP contribution in [-0.4, -0.2) is 33.6 Å². The van der Waals surface area contributed by atoms with E-state index in [-0.39, 0.29) is 17.4 Å². The summed E-state index contributed by atoms with van der Waals surface area (Å²) >= 11 is 0. The van der Waals surface area contributed by atoms with E-state index in [1.54, 1.807) is 0 Å². The predicted molar refractivity (Wildman–Crippen MR) is 135 cm³/mol. The first-order valence-electron chi connectivity index (χ1n) is 14.1. The van der Waals surface area contributed by atoms with Gasteiger partial charge in [0.15, 0.2) is 0 Å². The Morgan fingerprint density at radius 3 is 1.97 bits per heavy atom. The van der Waals surface area contributed by atoms with Crippen molar-refractivity contribution < 1.29 is 15.3 Å². The molecule has 0 aromatic heterocycles. The van der Waals surface area contributed by atoms with Crippen LogP contribution in [0.1, 0.15) is 93.4 Å². The monoisotopic (exact) mass is 460 g/mol. The van der Waals surface area contributed by atoms with E-state index in [9.17, 15) is 15.3 Å². The summed E-state index contributed by atoms with van der Waals surface area (Å²) in [5.74, 6) is 5.26. The standard InChI is InChI=1S/C30H52O3/c1-17(2)20(18(3)4)9-8-19(5)22-10-11-23-21-14-26(31)25-15-27(32)28(33)16-30(25,7)24(21)12-13-29(22,23)6/h8-9,17-28,31-33H,10-16H2,1-7H3/b9-8-/t19-,21+,22-,23+,24+,25-,26+,27+,28+,29-,30-/m1/s1. The maximum Gasteiger partial charge on any atom is 0.0804 e. The summed E-state index contributed by atoms with van der Waals surface area (Å²) in [4.78, 5) is 0. The van der Waals surface area contributed by atoms with Crippen LogP contribution in [0.5, 0.6) is 0 Å². The van der Waals surface area contributed by atoms with Gasteiger partial charge in [-0.1, -0.05) is 60.6 Å². The quantitative estimate of drug-likeness (QED) is 0.437. The number of allylic oxidation sites excluding steroid dienone is 2. The van der Waals surface area contributed by atoms with Crippen molar-refractivity contribution in [3.8, 4) is 0 Å². The molecule has 3 nitrogen and oxygen atoms in total. The molecule has 11 atom stereocenters. The Morgan fingerprint density at radius 1 is 0.697 bits per heavy atom. The van der Waals surface area contributed by atoms with E-state index in [0.717, 1.165) is 12.3 Å². The Morgan fingerprint density at radius 2 is 1.33 bits per heavy atom. The molecular weight excluding hydrogens is 408 g/mol. The molecule has 4 aliphatic carbocycles. The number of rotatable bonds is 5. The van der Waals surface area contributed by atoms with Crippen LogP contribution in [0.25, 0.3) is 0 Å². The van der Waals surface area contributed by atoms with Gasteiger partial charge in [-0.05, 0) is 109 Å². The van der Waals surface area contributed by atoms with Crippen molar-refractivity contribution in [3.05, 3.63) is 12.2 Å². The Bertz CT molecular complexity index is 707. The minimum atomic E-state index is -0.674. The molecule has 0 saturated heterocycles. The lowest BCUT2D eigenvalue weighted by molar-refractivity contribution is -0.195. The second kappa shape index (κ2) is 9.25. The fraction of sp³-hybridized carbons (Fsp3) is 0.933. The van der Waals surface area contributed by atoms with Gasteiger partial charge >= 0.3 is 0 Å². The summed E-state index contributed by atoms with van der Waals surface area (Å²) in [6, 6.07) is 0. The third-order valence-electron chi connectivity index (χ3n) is 11.6. The van der Waals surface area contributed by atoms with Gasteiger partial charge in [-0.3, -0.25) is 0 Å². The van der Waals surface area contributed by atoms with E-state index in [2.05, 4.69) is 60.6 Å². The molecule has 0 aliphatic heterocycles. The zero-order valence-corrected chi connectivity index (χ0v) is 22.4. The highest BCUT2D eigenvalue weighted by Gasteiger charge is 2.63. The summed E-state index contributed by atoms with van der Waals surface area (Å²) in [6.07, 6.45) is 10.6. The fourth-order valence-electron chi connectivity index (χ4n) is 9.88. The van der Waals surface area contributed by atoms with Crippen molar-refractivity contribution in [2.75, 3.05) is 0 Å². The number of fused-ring (bicyclic) bond motifs is 5. The highest BCUT2D eigenvalue weighted by Crippen LogP contribution is 2.68. The molecule has 190 valence electrons. The third kappa shape index (κ3) is 4.27. The largest absolute Gasteiger partial charge is 0.393 e. The van der Waals surface area contributed by atoms with Crippen LogP contribution in [0, 0.1) is 64.1 Å². The molecule has 0 radical (unpaired) electrons. The molecule has 0 aromatic rings. The SMILES string of the molecule is CC(C)C(/C=C\[C@@H](C)[C@H]1CC[C@H]2[C@@H]3C[C@H](O)[C@H]4C[C@H](O)[C@@H](O)C[C@]4(C)[C@H]3CC[C@]12C)C(C)C. The molecule has 4 fully saturated rings. The summed E-state index contributed by atoms with van der Waals surface area (Å²) in [5, 5.41) is 32.1. The van der Waals surface area contributed by atoms with Crippen molar-refractivity contribution in [1.82, 2.24) is 0 Å². The van der Waals surface area contributed by atoms with Crippen molar-refractivity contribution >= 4 is 0 Å². The van der Waals surface area contributed by atoms with Gasteiger partial charge in [0.1, 0.15) is 0 Å². The summed E-state index contributed by atoms with van der Waals surface area (Å²) in [5.41, 5.74) is 0.305. The van der Waals surface area contributed by atoms with Gasteiger partial charge in [-0.25, -0.2) is 0 Å². The third-order valence-corrected chi connectivity index (χ3v) is 11.6. The number of aliphatic hydroxyl groups excluding tert-OH is 3. The van der Waals surface area contributed by atoms with Crippen LogP contribution in [0.4, 0.5) is 0 Å². The van der Waals surface area contributed by atoms with E-state index >= 15 is 0 Å². The molecule has 4 rings (SSSR count). The highest BCUT2D eigenvalue weighted by atomic mass is 16.3. The predicted octanol–water partition coefficient (Wildman–Crippen LogP) is 6.07. The van der Waals surface area contributed by atoms with Gasteiger partial charge in [0.2, 0.25) is 0 Å². The van der Waals surface area contributed by atoms with E-state index < -0.39 is 12.2 Å². The summed E-state index contributed by atoms with van der Waals surface area (Å²) in [7, 11) is 0. The Labute approximate surface area is 203 Å². The van der Waals surface area contributed by atoms with Gasteiger partial charge < -0.3 is 15.3 Å². The van der Waals surface area contributed by atoms with Crippen molar-refractivity contribution in [2.24, 2.45) is 64.1 Å². The lowest BCUT2D eigenvalue weighted by Crippen LogP contribution is -2.60. The maximum absolute atomic E-state index is 11.2. The normalized spacial score (nSPS) is 48.9. The lowest BCUT2D eigenvalue weighted by atomic mass is 9.43. The van der Waals surface area contributed by atoms with Crippen LogP contribution >= 0.6 is 0 Å². The molecule has 4 aliphatic rings. The van der Waals surface area contributed by atoms with Crippen molar-refractivity contribution in [2.45, 2.75) is 112 Å². The minimum Gasteiger partial charge on any atom is -0.393 e. The van der Waals surface area contributed by atoms with E-state index in [1.165, 1.54) is 25.7 Å². The van der Waals surface area contributed by atoms with Crippen LogP contribution in [0.3, 0.4) is 0 Å². The van der Waals surface area contributed by atoms with E-state index in [4.69, 9.17) is 0 Å². The molecule has 0 spiro atoms. The second-order valence-corrected chi connectivity index (χ2v) is 13.9. The topological polar surface area (TPSA) is 60.7 Å². The fourth-order valence-corrected chi connectivity index (χ4v) is 9.88. The molecule has 0 heterocycles. The smallest absolute Gasteiger partial charge is 0.0804 e. The first kappa shape index (κ1) is 25.7. The first-order valence-corrected chi connectivity index (χ1v) is 14.1. The Kier molecular flexibility index (Phi) is 7.20. The van der Waals surface area contributed by atoms with Gasteiger partial charge in [0, 0.05) is 0 Å². The van der Waals surface area contributed by atoms with E-state index in [1.807, 2.05) is 0 Å². The lowest BCUT2D eigenvalue weighted by Gasteiger charge is -2.62. The number of hydrogen-bond acceptors (Lipinski definition) is 3. The Hall–Kier alpha value is -0.380. The molecule has 3 N–H and O–H groups in total. The summed E-state index contributed by atoms with van der Waals surface area (Å²) < 4.78 is 0. The summed E-state index contributed by atoms with van der Waals surface area (Å²) in [6.45, 7) is 16.7. The molecule has 0 bridgehead atoms. The van der Waals surface area contributed by atoms with Gasteiger partial charge in [0.05, 0.1) is 18.3 Å². The zero-order chi connectivity index (χ0) is 24.3. The second-order valence-electron chi connectivity index (χ2n) is 13.9. The van der Waals surface area contributed by atoms with Gasteiger partial charge in [-0.15, -0.1) is 0 Å². The number of aliphatic hydroxyl groups is 3. The van der Waals surface area contributed by atoms with Crippen LogP contribution in [0.15, 0.2) is 12.2 Å². The number of hydrogen-bond donors (Lipinski definition) is 3. The molecular formula is C30H52O3. The molecule has 33 heavy (non-hydrogen) atoms. The maximum atomic E-state index is 11.2. The van der Waals surface area contributed by atoms with Crippen molar-refractivity contribution in [1.29, 1.82) is 0 Å². The highest BCUT2D eigenvalue weighted by molar-refractivity contribution is 5.13. The average molecular weight is 461 g/mol. The minimum absolute atomic E-state index is 0.0480. The molecule has 4 saturated carbocycles. The Balaban J connectivity index is 1.54. The van der Waals surface area contributed by atoms with Gasteiger partial charge in [-0.2, -0.15) is 0 Å². The zero-order valence-electron chi connectivity index (χ0n) is 22.4. The van der Waals surface area contributed by atoms with Crippen LogP contribution < -0.4 is 0 Å². The molecule has 3 heteroatoms.